The fourth-order valence-electron chi connectivity index (χ4n) is 2.08. The molecule has 0 aliphatic heterocycles. The van der Waals surface area contributed by atoms with Crippen LogP contribution in [0.2, 0.25) is 0 Å². The number of rotatable bonds is 7. The lowest BCUT2D eigenvalue weighted by molar-refractivity contribution is 0.111. The number of carbonyl (C=O) groups excluding carboxylic acids is 1. The topological polar surface area (TPSA) is 84.3 Å². The number of hydrogen-bond donors (Lipinski definition) is 2. The van der Waals surface area contributed by atoms with Crippen LogP contribution in [-0.4, -0.2) is 31.6 Å². The van der Waals surface area contributed by atoms with Crippen molar-refractivity contribution in [1.82, 2.24) is 4.98 Å². The Morgan fingerprint density at radius 2 is 2.18 bits per heavy atom. The number of aldehydes is 1. The predicted molar refractivity (Wildman–Crippen MR) is 84.4 cm³/mol. The summed E-state index contributed by atoms with van der Waals surface area (Å²) in [6.07, 6.45) is 3.44. The van der Waals surface area contributed by atoms with Gasteiger partial charge in [0, 0.05) is 36.1 Å². The van der Waals surface area contributed by atoms with Crippen LogP contribution in [0, 0.1) is 5.41 Å². The lowest BCUT2D eigenvalue weighted by Crippen LogP contribution is -2.05. The number of methoxy groups -OCH3 is 1. The molecule has 0 atom stereocenters. The maximum absolute atomic E-state index is 11.1. The maximum atomic E-state index is 11.1. The quantitative estimate of drug-likeness (QED) is 0.606. The first-order chi connectivity index (χ1) is 10.7. The molecule has 0 aliphatic carbocycles. The SMILES string of the molecule is CNc1c(C=N)cccc1COc1cnc(OC)cc1C=O. The average Bonchev–Trinajstić information content (AvgIpc) is 2.59. The van der Waals surface area contributed by atoms with Crippen molar-refractivity contribution in [2.75, 3.05) is 19.5 Å². The zero-order valence-corrected chi connectivity index (χ0v) is 12.4. The molecule has 0 amide bonds. The standard InChI is InChI=1S/C16H17N3O3/c1-18-16-11(7-17)4-3-5-12(16)10-22-14-8-19-15(21-2)6-13(14)9-20/h3-9,17-18H,10H2,1-2H3. The number of anilines is 1. The third-order valence-corrected chi connectivity index (χ3v) is 3.18. The number of nitrogens with one attached hydrogen (secondary N) is 2. The van der Waals surface area contributed by atoms with E-state index in [9.17, 15) is 4.79 Å². The fraction of sp³-hybridized carbons (Fsp3) is 0.188. The molecule has 0 unspecified atom stereocenters. The molecule has 114 valence electrons. The van der Waals surface area contributed by atoms with Gasteiger partial charge < -0.3 is 20.2 Å². The van der Waals surface area contributed by atoms with Crippen molar-refractivity contribution in [1.29, 1.82) is 5.41 Å². The first-order valence-corrected chi connectivity index (χ1v) is 6.65. The van der Waals surface area contributed by atoms with Gasteiger partial charge in [-0.2, -0.15) is 0 Å². The van der Waals surface area contributed by atoms with Crippen molar-refractivity contribution < 1.29 is 14.3 Å². The average molecular weight is 299 g/mol. The summed E-state index contributed by atoms with van der Waals surface area (Å²) in [7, 11) is 3.27. The normalized spacial score (nSPS) is 9.91. The molecular formula is C16H17N3O3. The van der Waals surface area contributed by atoms with Gasteiger partial charge in [0.2, 0.25) is 5.88 Å². The molecule has 1 heterocycles. The molecule has 22 heavy (non-hydrogen) atoms. The number of benzene rings is 1. The summed E-state index contributed by atoms with van der Waals surface area (Å²) in [4.78, 5) is 15.2. The van der Waals surface area contributed by atoms with Gasteiger partial charge in [0.1, 0.15) is 12.4 Å². The Morgan fingerprint density at radius 1 is 1.36 bits per heavy atom. The Hall–Kier alpha value is -2.89. The predicted octanol–water partition coefficient (Wildman–Crippen LogP) is 2.52. The van der Waals surface area contributed by atoms with Gasteiger partial charge in [-0.1, -0.05) is 18.2 Å². The van der Waals surface area contributed by atoms with Crippen LogP contribution in [0.15, 0.2) is 30.5 Å². The molecule has 2 N–H and O–H groups in total. The van der Waals surface area contributed by atoms with E-state index in [4.69, 9.17) is 14.9 Å². The Bertz CT molecular complexity index is 686. The van der Waals surface area contributed by atoms with Crippen molar-refractivity contribution >= 4 is 18.2 Å². The molecule has 1 aromatic heterocycles. The number of para-hydroxylation sites is 1. The number of aromatic nitrogens is 1. The number of ether oxygens (including phenoxy) is 2. The Labute approximate surface area is 128 Å². The summed E-state index contributed by atoms with van der Waals surface area (Å²) in [5.41, 5.74) is 2.86. The molecule has 0 saturated carbocycles. The van der Waals surface area contributed by atoms with Gasteiger partial charge >= 0.3 is 0 Å². The third-order valence-electron chi connectivity index (χ3n) is 3.18. The summed E-state index contributed by atoms with van der Waals surface area (Å²) >= 11 is 0. The third kappa shape index (κ3) is 3.22. The minimum Gasteiger partial charge on any atom is -0.486 e. The smallest absolute Gasteiger partial charge is 0.213 e. The Morgan fingerprint density at radius 3 is 2.82 bits per heavy atom. The molecule has 0 spiro atoms. The monoisotopic (exact) mass is 299 g/mol. The second-order valence-corrected chi connectivity index (χ2v) is 4.45. The molecular weight excluding hydrogens is 282 g/mol. The maximum Gasteiger partial charge on any atom is 0.213 e. The summed E-state index contributed by atoms with van der Waals surface area (Å²) in [6.45, 7) is 0.257. The van der Waals surface area contributed by atoms with E-state index >= 15 is 0 Å². The Kier molecular flexibility index (Phi) is 5.08. The van der Waals surface area contributed by atoms with Gasteiger partial charge in [-0.15, -0.1) is 0 Å². The van der Waals surface area contributed by atoms with E-state index in [0.29, 0.717) is 23.5 Å². The van der Waals surface area contributed by atoms with Crippen LogP contribution in [0.4, 0.5) is 5.69 Å². The van der Waals surface area contributed by atoms with E-state index in [0.717, 1.165) is 16.8 Å². The number of hydrogen-bond acceptors (Lipinski definition) is 6. The van der Waals surface area contributed by atoms with Crippen LogP contribution < -0.4 is 14.8 Å². The van der Waals surface area contributed by atoms with Crippen LogP contribution in [0.25, 0.3) is 0 Å². The molecule has 0 bridgehead atoms. The largest absolute Gasteiger partial charge is 0.486 e. The van der Waals surface area contributed by atoms with Crippen molar-refractivity contribution in [3.63, 3.8) is 0 Å². The van der Waals surface area contributed by atoms with Crippen LogP contribution >= 0.6 is 0 Å². The lowest BCUT2D eigenvalue weighted by atomic mass is 10.1. The zero-order valence-electron chi connectivity index (χ0n) is 12.4. The minimum atomic E-state index is 0.257. The fourth-order valence-corrected chi connectivity index (χ4v) is 2.08. The van der Waals surface area contributed by atoms with Crippen molar-refractivity contribution in [2.45, 2.75) is 6.61 Å². The van der Waals surface area contributed by atoms with Gasteiger partial charge in [0.05, 0.1) is 18.9 Å². The second-order valence-electron chi connectivity index (χ2n) is 4.45. The van der Waals surface area contributed by atoms with E-state index < -0.39 is 0 Å². The number of nitrogens with zero attached hydrogens (tertiary/aromatic N) is 1. The highest BCUT2D eigenvalue weighted by molar-refractivity contribution is 5.87. The summed E-state index contributed by atoms with van der Waals surface area (Å²) in [5, 5.41) is 10.5. The van der Waals surface area contributed by atoms with Crippen LogP contribution in [0.5, 0.6) is 11.6 Å². The van der Waals surface area contributed by atoms with Gasteiger partial charge in [-0.25, -0.2) is 4.98 Å². The van der Waals surface area contributed by atoms with Crippen molar-refractivity contribution in [2.24, 2.45) is 0 Å². The summed E-state index contributed by atoms with van der Waals surface area (Å²) < 4.78 is 10.7. The van der Waals surface area contributed by atoms with E-state index in [1.54, 1.807) is 7.05 Å². The molecule has 0 aliphatic rings. The van der Waals surface area contributed by atoms with E-state index in [1.165, 1.54) is 25.6 Å². The van der Waals surface area contributed by atoms with E-state index in [-0.39, 0.29) is 6.61 Å². The highest BCUT2D eigenvalue weighted by Gasteiger charge is 2.09. The Balaban J connectivity index is 2.23. The van der Waals surface area contributed by atoms with Gasteiger partial charge in [-0.3, -0.25) is 4.79 Å². The molecule has 0 saturated heterocycles. The van der Waals surface area contributed by atoms with Crippen LogP contribution in [-0.2, 0) is 6.61 Å². The highest BCUT2D eigenvalue weighted by Crippen LogP contribution is 2.24. The molecule has 6 heteroatoms. The molecule has 6 nitrogen and oxygen atoms in total. The van der Waals surface area contributed by atoms with Gasteiger partial charge in [0.15, 0.2) is 6.29 Å². The van der Waals surface area contributed by atoms with Crippen LogP contribution in [0.3, 0.4) is 0 Å². The molecule has 0 radical (unpaired) electrons. The summed E-state index contributed by atoms with van der Waals surface area (Å²) in [6, 6.07) is 7.12. The van der Waals surface area contributed by atoms with Crippen molar-refractivity contribution in [3.8, 4) is 11.6 Å². The minimum absolute atomic E-state index is 0.257. The molecule has 0 fully saturated rings. The molecule has 2 rings (SSSR count). The van der Waals surface area contributed by atoms with Crippen molar-refractivity contribution in [3.05, 3.63) is 47.2 Å². The van der Waals surface area contributed by atoms with E-state index in [2.05, 4.69) is 10.3 Å². The zero-order chi connectivity index (χ0) is 15.9. The second kappa shape index (κ2) is 7.21. The highest BCUT2D eigenvalue weighted by atomic mass is 16.5. The first kappa shape index (κ1) is 15.5. The summed E-state index contributed by atoms with van der Waals surface area (Å²) in [5.74, 6) is 0.745. The van der Waals surface area contributed by atoms with E-state index in [1.807, 2.05) is 18.2 Å². The molecule has 2 aromatic rings. The number of carbonyl (C=O) groups is 1. The van der Waals surface area contributed by atoms with Crippen LogP contribution in [0.1, 0.15) is 21.5 Å². The van der Waals surface area contributed by atoms with Gasteiger partial charge in [0.25, 0.3) is 0 Å². The molecule has 1 aromatic carbocycles. The first-order valence-electron chi connectivity index (χ1n) is 6.65. The van der Waals surface area contributed by atoms with Gasteiger partial charge in [-0.05, 0) is 0 Å². The number of pyridine rings is 1. The lowest BCUT2D eigenvalue weighted by Gasteiger charge is -2.14.